The third-order valence-corrected chi connectivity index (χ3v) is 2.00. The molecular formula is C6H11N4NaO4. The number of rotatable bonds is 2. The Balaban J connectivity index is 0.00000196. The van der Waals surface area contributed by atoms with Crippen molar-refractivity contribution in [3.63, 3.8) is 0 Å². The van der Waals surface area contributed by atoms with Crippen molar-refractivity contribution in [3.8, 4) is 0 Å². The Morgan fingerprint density at radius 2 is 1.93 bits per heavy atom. The van der Waals surface area contributed by atoms with Crippen molar-refractivity contribution in [3.05, 3.63) is 10.1 Å². The molecule has 9 heteroatoms. The number of nitrogens with zero attached hydrogens (tertiary/aromatic N) is 4. The predicted octanol–water partition coefficient (Wildman–Crippen LogP) is -3.23. The van der Waals surface area contributed by atoms with Crippen LogP contribution in [0.2, 0.25) is 0 Å². The van der Waals surface area contributed by atoms with Gasteiger partial charge < -0.3 is 14.8 Å². The summed E-state index contributed by atoms with van der Waals surface area (Å²) in [5, 5.41) is 14.2. The Kier molecular flexibility index (Phi) is 6.77. The molecule has 0 N–H and O–H groups in total. The van der Waals surface area contributed by atoms with Crippen LogP contribution in [0.3, 0.4) is 0 Å². The van der Waals surface area contributed by atoms with Crippen LogP contribution in [0.4, 0.5) is 4.79 Å². The number of carbonyl (C=O) groups excluding carboxylic acids is 1. The third kappa shape index (κ3) is 3.92. The second-order valence-corrected chi connectivity index (χ2v) is 2.75. The molecule has 0 aromatic heterocycles. The SMILES string of the molecule is COC(=O)N1CCN(N([O-])N=O)CC1.[Na+]. The standard InChI is InChI=1S/C6H11N4O4.Na/c1-14-6(11)8-2-4-9(5-3-8)10(13)7-12;/h2-5H2,1H3;/q-1;+1. The molecule has 0 aromatic rings. The molecule has 1 saturated heterocycles. The summed E-state index contributed by atoms with van der Waals surface area (Å²) in [4.78, 5) is 22.4. The first-order valence-electron chi connectivity index (χ1n) is 4.07. The molecule has 1 aliphatic heterocycles. The molecule has 0 unspecified atom stereocenters. The summed E-state index contributed by atoms with van der Waals surface area (Å²) in [6, 6.07) is 0. The Labute approximate surface area is 109 Å². The van der Waals surface area contributed by atoms with Crippen LogP contribution in [0.25, 0.3) is 0 Å². The maximum atomic E-state index is 11.0. The molecule has 1 rings (SSSR count). The van der Waals surface area contributed by atoms with E-state index in [-0.39, 0.29) is 47.9 Å². The number of hydrazine groups is 1. The van der Waals surface area contributed by atoms with Gasteiger partial charge in [-0.25, -0.2) is 9.80 Å². The fourth-order valence-electron chi connectivity index (χ4n) is 1.23. The van der Waals surface area contributed by atoms with E-state index in [1.165, 1.54) is 17.0 Å². The normalized spacial score (nSPS) is 16.5. The van der Waals surface area contributed by atoms with Crippen LogP contribution in [-0.4, -0.2) is 54.6 Å². The summed E-state index contributed by atoms with van der Waals surface area (Å²) in [5.74, 6) is 0. The molecule has 0 radical (unpaired) electrons. The number of ether oxygens (including phenoxy) is 1. The van der Waals surface area contributed by atoms with Gasteiger partial charge in [0.1, 0.15) is 0 Å². The van der Waals surface area contributed by atoms with E-state index in [2.05, 4.69) is 10.0 Å². The van der Waals surface area contributed by atoms with Crippen LogP contribution in [0.5, 0.6) is 0 Å². The summed E-state index contributed by atoms with van der Waals surface area (Å²) in [6.45, 7) is 1.26. The van der Waals surface area contributed by atoms with Gasteiger partial charge in [0.25, 0.3) is 0 Å². The number of methoxy groups -OCH3 is 1. The van der Waals surface area contributed by atoms with Crippen LogP contribution in [0.15, 0.2) is 5.29 Å². The van der Waals surface area contributed by atoms with E-state index in [1.807, 2.05) is 0 Å². The molecule has 0 aliphatic carbocycles. The molecule has 0 aromatic carbocycles. The largest absolute Gasteiger partial charge is 1.00 e. The maximum Gasteiger partial charge on any atom is 1.00 e. The molecule has 80 valence electrons. The number of hydrogen-bond donors (Lipinski definition) is 0. The monoisotopic (exact) mass is 226 g/mol. The minimum atomic E-state index is -0.429. The summed E-state index contributed by atoms with van der Waals surface area (Å²) in [7, 11) is 1.29. The fourth-order valence-corrected chi connectivity index (χ4v) is 1.23. The third-order valence-electron chi connectivity index (χ3n) is 2.00. The molecule has 1 aliphatic rings. The molecule has 1 heterocycles. The van der Waals surface area contributed by atoms with E-state index in [9.17, 15) is 14.9 Å². The zero-order chi connectivity index (χ0) is 10.6. The Morgan fingerprint density at radius 3 is 2.33 bits per heavy atom. The number of amides is 1. The van der Waals surface area contributed by atoms with Crippen molar-refractivity contribution in [2.45, 2.75) is 0 Å². The molecular weight excluding hydrogens is 215 g/mol. The molecule has 0 spiro atoms. The van der Waals surface area contributed by atoms with E-state index >= 15 is 0 Å². The molecule has 1 fully saturated rings. The predicted molar refractivity (Wildman–Crippen MR) is 46.6 cm³/mol. The zero-order valence-corrected chi connectivity index (χ0v) is 10.8. The minimum absolute atomic E-state index is 0. The summed E-state index contributed by atoms with van der Waals surface area (Å²) in [5.41, 5.74) is 0. The van der Waals surface area contributed by atoms with Crippen molar-refractivity contribution in [1.82, 2.24) is 15.2 Å². The van der Waals surface area contributed by atoms with Crippen molar-refractivity contribution < 1.29 is 39.1 Å². The first-order chi connectivity index (χ1) is 6.69. The van der Waals surface area contributed by atoms with E-state index < -0.39 is 6.09 Å². The smallest absolute Gasteiger partial charge is 0.724 e. The van der Waals surface area contributed by atoms with Gasteiger partial charge in [-0.05, 0) is 0 Å². The molecule has 0 atom stereocenters. The van der Waals surface area contributed by atoms with Crippen LogP contribution in [0, 0.1) is 10.1 Å². The van der Waals surface area contributed by atoms with Crippen molar-refractivity contribution in [1.29, 1.82) is 0 Å². The molecule has 15 heavy (non-hydrogen) atoms. The Hall–Kier alpha value is -0.410. The Morgan fingerprint density at radius 1 is 1.40 bits per heavy atom. The second kappa shape index (κ2) is 6.96. The average molecular weight is 226 g/mol. The van der Waals surface area contributed by atoms with E-state index in [0.29, 0.717) is 13.1 Å². The van der Waals surface area contributed by atoms with Crippen molar-refractivity contribution >= 4 is 6.09 Å². The molecule has 0 bridgehead atoms. The minimum Gasteiger partial charge on any atom is -0.724 e. The number of hydrogen-bond acceptors (Lipinski definition) is 6. The Bertz CT molecular complexity index is 221. The van der Waals surface area contributed by atoms with Gasteiger partial charge in [0.05, 0.1) is 12.4 Å². The van der Waals surface area contributed by atoms with E-state index in [0.717, 1.165) is 0 Å². The van der Waals surface area contributed by atoms with Crippen molar-refractivity contribution in [2.75, 3.05) is 33.3 Å². The first kappa shape index (κ1) is 14.6. The van der Waals surface area contributed by atoms with E-state index in [4.69, 9.17) is 0 Å². The van der Waals surface area contributed by atoms with Crippen LogP contribution in [-0.2, 0) is 4.74 Å². The summed E-state index contributed by atoms with van der Waals surface area (Å²) >= 11 is 0. The maximum absolute atomic E-state index is 11.0. The van der Waals surface area contributed by atoms with Gasteiger partial charge in [-0.3, -0.25) is 5.28 Å². The van der Waals surface area contributed by atoms with Gasteiger partial charge in [0.15, 0.2) is 0 Å². The van der Waals surface area contributed by atoms with E-state index in [1.54, 1.807) is 0 Å². The topological polar surface area (TPSA) is 88.5 Å². The molecule has 8 nitrogen and oxygen atoms in total. The van der Waals surface area contributed by atoms with Gasteiger partial charge in [0, 0.05) is 26.2 Å². The van der Waals surface area contributed by atoms with Gasteiger partial charge in [-0.2, -0.15) is 0 Å². The zero-order valence-electron chi connectivity index (χ0n) is 8.75. The van der Waals surface area contributed by atoms with Crippen LogP contribution >= 0.6 is 0 Å². The van der Waals surface area contributed by atoms with Crippen molar-refractivity contribution in [2.24, 2.45) is 5.29 Å². The molecule has 0 saturated carbocycles. The van der Waals surface area contributed by atoms with Gasteiger partial charge in [-0.1, -0.05) is 0 Å². The van der Waals surface area contributed by atoms with Crippen LogP contribution < -0.4 is 29.6 Å². The number of nitroso groups, excluding NO2 is 1. The second-order valence-electron chi connectivity index (χ2n) is 2.75. The molecule has 1 amide bonds. The first-order valence-corrected chi connectivity index (χ1v) is 4.07. The van der Waals surface area contributed by atoms with Crippen LogP contribution in [0.1, 0.15) is 0 Å². The fraction of sp³-hybridized carbons (Fsp3) is 0.833. The average Bonchev–Trinajstić information content (AvgIpc) is 2.27. The quantitative estimate of drug-likeness (QED) is 0.279. The number of carbonyl (C=O) groups is 1. The number of piperazine rings is 1. The summed E-state index contributed by atoms with van der Waals surface area (Å²) in [6.07, 6.45) is -0.429. The summed E-state index contributed by atoms with van der Waals surface area (Å²) < 4.78 is 4.50. The van der Waals surface area contributed by atoms with Gasteiger partial charge >= 0.3 is 35.7 Å². The van der Waals surface area contributed by atoms with Gasteiger partial charge in [0.2, 0.25) is 0 Å². The van der Waals surface area contributed by atoms with Gasteiger partial charge in [-0.15, -0.1) is 4.91 Å².